The summed E-state index contributed by atoms with van der Waals surface area (Å²) in [6, 6.07) is -0.270. The van der Waals surface area contributed by atoms with E-state index in [-0.39, 0.29) is 11.9 Å². The number of nitrogens with zero attached hydrogens (tertiary/aromatic N) is 1. The van der Waals surface area contributed by atoms with E-state index in [4.69, 9.17) is 10.8 Å². The van der Waals surface area contributed by atoms with E-state index < -0.39 is 11.4 Å². The number of aliphatic carboxylic acids is 1. The number of likely N-dealkylation sites (tertiary alicyclic amines) is 1. The first-order valence-electron chi connectivity index (χ1n) is 4.61. The first kappa shape index (κ1) is 11.0. The maximum Gasteiger partial charge on any atom is 0.310 e. The molecule has 14 heavy (non-hydrogen) atoms. The second-order valence-electron chi connectivity index (χ2n) is 4.37. The van der Waals surface area contributed by atoms with Crippen LogP contribution in [0.5, 0.6) is 0 Å². The van der Waals surface area contributed by atoms with Gasteiger partial charge in [0.2, 0.25) is 5.91 Å². The SMILES string of the molecule is CC(C)(CN1CCC1C(N)=O)C(=O)O. The summed E-state index contributed by atoms with van der Waals surface area (Å²) in [7, 11) is 0. The molecule has 1 saturated heterocycles. The van der Waals surface area contributed by atoms with E-state index in [9.17, 15) is 9.59 Å². The Morgan fingerprint density at radius 2 is 2.14 bits per heavy atom. The van der Waals surface area contributed by atoms with E-state index in [0.717, 1.165) is 13.0 Å². The molecular weight excluding hydrogens is 184 g/mol. The molecule has 1 rings (SSSR count). The molecule has 0 aliphatic carbocycles. The molecule has 1 aliphatic heterocycles. The molecule has 1 heterocycles. The molecule has 0 aromatic carbocycles. The highest BCUT2D eigenvalue weighted by molar-refractivity contribution is 5.81. The first-order chi connectivity index (χ1) is 6.34. The van der Waals surface area contributed by atoms with Gasteiger partial charge < -0.3 is 10.8 Å². The summed E-state index contributed by atoms with van der Waals surface area (Å²) >= 11 is 0. The predicted molar refractivity (Wildman–Crippen MR) is 50.6 cm³/mol. The number of nitrogens with two attached hydrogens (primary N) is 1. The molecule has 5 heteroatoms. The molecule has 1 atom stereocenters. The lowest BCUT2D eigenvalue weighted by atomic mass is 9.89. The molecular formula is C9H16N2O3. The number of amides is 1. The van der Waals surface area contributed by atoms with Crippen LogP contribution in [0, 0.1) is 5.41 Å². The van der Waals surface area contributed by atoms with Crippen LogP contribution in [0.2, 0.25) is 0 Å². The van der Waals surface area contributed by atoms with Crippen LogP contribution in [0.25, 0.3) is 0 Å². The van der Waals surface area contributed by atoms with Crippen LogP contribution >= 0.6 is 0 Å². The predicted octanol–water partition coefficient (Wildman–Crippen LogP) is -0.343. The molecule has 1 fully saturated rings. The molecule has 3 N–H and O–H groups in total. The number of hydrogen-bond acceptors (Lipinski definition) is 3. The average Bonchev–Trinajstić information content (AvgIpc) is 1.97. The lowest BCUT2D eigenvalue weighted by Crippen LogP contribution is -2.58. The fraction of sp³-hybridized carbons (Fsp3) is 0.778. The van der Waals surface area contributed by atoms with Gasteiger partial charge >= 0.3 is 5.97 Å². The Balaban J connectivity index is 2.53. The molecule has 1 aliphatic rings. The van der Waals surface area contributed by atoms with Crippen LogP contribution in [0.15, 0.2) is 0 Å². The monoisotopic (exact) mass is 200 g/mol. The highest BCUT2D eigenvalue weighted by Gasteiger charge is 2.38. The number of primary amides is 1. The number of hydrogen-bond donors (Lipinski definition) is 2. The number of rotatable bonds is 4. The zero-order valence-electron chi connectivity index (χ0n) is 8.49. The second kappa shape index (κ2) is 3.57. The number of carboxylic acid groups (broad SMARTS) is 1. The summed E-state index contributed by atoms with van der Waals surface area (Å²) in [5, 5.41) is 8.89. The zero-order chi connectivity index (χ0) is 10.9. The summed E-state index contributed by atoms with van der Waals surface area (Å²) in [5.41, 5.74) is 4.33. The quantitative estimate of drug-likeness (QED) is 0.650. The van der Waals surface area contributed by atoms with Gasteiger partial charge in [-0.1, -0.05) is 0 Å². The standard InChI is InChI=1S/C9H16N2O3/c1-9(2,8(13)14)5-11-4-3-6(11)7(10)12/h6H,3-5H2,1-2H3,(H2,10,12)(H,13,14). The minimum atomic E-state index is -0.854. The zero-order valence-corrected chi connectivity index (χ0v) is 8.49. The first-order valence-corrected chi connectivity index (χ1v) is 4.61. The fourth-order valence-electron chi connectivity index (χ4n) is 1.53. The highest BCUT2D eigenvalue weighted by atomic mass is 16.4. The highest BCUT2D eigenvalue weighted by Crippen LogP contribution is 2.24. The van der Waals surface area contributed by atoms with Crippen molar-refractivity contribution < 1.29 is 14.7 Å². The van der Waals surface area contributed by atoms with Gasteiger partial charge in [0.05, 0.1) is 11.5 Å². The Morgan fingerprint density at radius 3 is 2.43 bits per heavy atom. The number of carbonyl (C=O) groups excluding carboxylic acids is 1. The largest absolute Gasteiger partial charge is 0.481 e. The van der Waals surface area contributed by atoms with Crippen molar-refractivity contribution in [1.82, 2.24) is 4.90 Å². The lowest BCUT2D eigenvalue weighted by Gasteiger charge is -2.42. The number of carboxylic acids is 1. The molecule has 0 spiro atoms. The van der Waals surface area contributed by atoms with Gasteiger partial charge in [-0.2, -0.15) is 0 Å². The Bertz CT molecular complexity index is 263. The Hall–Kier alpha value is -1.10. The Labute approximate surface area is 82.9 Å². The summed E-state index contributed by atoms with van der Waals surface area (Å²) in [6.45, 7) is 4.41. The third-order valence-corrected chi connectivity index (χ3v) is 2.64. The third kappa shape index (κ3) is 2.04. The third-order valence-electron chi connectivity index (χ3n) is 2.64. The van der Waals surface area contributed by atoms with Gasteiger partial charge in [-0.3, -0.25) is 14.5 Å². The second-order valence-corrected chi connectivity index (χ2v) is 4.37. The molecule has 0 aromatic heterocycles. The molecule has 1 unspecified atom stereocenters. The normalized spacial score (nSPS) is 22.9. The van der Waals surface area contributed by atoms with Gasteiger partial charge in [0.1, 0.15) is 0 Å². The van der Waals surface area contributed by atoms with Crippen molar-refractivity contribution in [3.05, 3.63) is 0 Å². The van der Waals surface area contributed by atoms with Crippen molar-refractivity contribution >= 4 is 11.9 Å². The van der Waals surface area contributed by atoms with Gasteiger partial charge in [0.15, 0.2) is 0 Å². The van der Waals surface area contributed by atoms with Gasteiger partial charge in [0.25, 0.3) is 0 Å². The maximum absolute atomic E-state index is 10.9. The van der Waals surface area contributed by atoms with E-state index in [1.54, 1.807) is 13.8 Å². The Kier molecular flexibility index (Phi) is 2.80. The van der Waals surface area contributed by atoms with E-state index in [2.05, 4.69) is 0 Å². The number of carbonyl (C=O) groups is 2. The van der Waals surface area contributed by atoms with Crippen LogP contribution < -0.4 is 5.73 Å². The summed E-state index contributed by atoms with van der Waals surface area (Å²) in [4.78, 5) is 23.5. The van der Waals surface area contributed by atoms with E-state index in [0.29, 0.717) is 6.54 Å². The molecule has 80 valence electrons. The summed E-state index contributed by atoms with van der Waals surface area (Å²) in [6.07, 6.45) is 0.741. The van der Waals surface area contributed by atoms with Crippen molar-refractivity contribution in [2.45, 2.75) is 26.3 Å². The molecule has 0 bridgehead atoms. The lowest BCUT2D eigenvalue weighted by molar-refractivity contribution is -0.150. The van der Waals surface area contributed by atoms with E-state index in [1.807, 2.05) is 4.90 Å². The van der Waals surface area contributed by atoms with Crippen LogP contribution in [-0.2, 0) is 9.59 Å². The minimum Gasteiger partial charge on any atom is -0.481 e. The van der Waals surface area contributed by atoms with Gasteiger partial charge in [0, 0.05) is 13.1 Å². The maximum atomic E-state index is 10.9. The van der Waals surface area contributed by atoms with Crippen molar-refractivity contribution in [2.75, 3.05) is 13.1 Å². The van der Waals surface area contributed by atoms with Gasteiger partial charge in [-0.05, 0) is 20.3 Å². The average molecular weight is 200 g/mol. The topological polar surface area (TPSA) is 83.6 Å². The fourth-order valence-corrected chi connectivity index (χ4v) is 1.53. The van der Waals surface area contributed by atoms with Gasteiger partial charge in [-0.15, -0.1) is 0 Å². The minimum absolute atomic E-state index is 0.270. The molecule has 1 amide bonds. The molecule has 0 aromatic rings. The Morgan fingerprint density at radius 1 is 1.57 bits per heavy atom. The van der Waals surface area contributed by atoms with Crippen molar-refractivity contribution in [1.29, 1.82) is 0 Å². The van der Waals surface area contributed by atoms with Crippen LogP contribution in [0.3, 0.4) is 0 Å². The van der Waals surface area contributed by atoms with Crippen molar-refractivity contribution in [3.63, 3.8) is 0 Å². The summed E-state index contributed by atoms with van der Waals surface area (Å²) in [5.74, 6) is -1.22. The van der Waals surface area contributed by atoms with Crippen molar-refractivity contribution in [3.8, 4) is 0 Å². The van der Waals surface area contributed by atoms with E-state index >= 15 is 0 Å². The van der Waals surface area contributed by atoms with E-state index in [1.165, 1.54) is 0 Å². The summed E-state index contributed by atoms with van der Waals surface area (Å²) < 4.78 is 0. The smallest absolute Gasteiger partial charge is 0.310 e. The molecule has 5 nitrogen and oxygen atoms in total. The van der Waals surface area contributed by atoms with Gasteiger partial charge in [-0.25, -0.2) is 0 Å². The van der Waals surface area contributed by atoms with Crippen LogP contribution in [0.4, 0.5) is 0 Å². The van der Waals surface area contributed by atoms with Crippen LogP contribution in [0.1, 0.15) is 20.3 Å². The molecule has 0 radical (unpaired) electrons. The molecule has 0 saturated carbocycles. The van der Waals surface area contributed by atoms with Crippen molar-refractivity contribution in [2.24, 2.45) is 11.1 Å². The van der Waals surface area contributed by atoms with Crippen LogP contribution in [-0.4, -0.2) is 41.0 Å².